The van der Waals surface area contributed by atoms with Crippen molar-refractivity contribution in [3.05, 3.63) is 72.1 Å². The summed E-state index contributed by atoms with van der Waals surface area (Å²) < 4.78 is 0. The van der Waals surface area contributed by atoms with Crippen molar-refractivity contribution >= 4 is 5.91 Å². The Balaban J connectivity index is 1.84. The molecule has 3 rings (SSSR count). The third-order valence-electron chi connectivity index (χ3n) is 5.20. The number of amides is 1. The monoisotopic (exact) mass is 394 g/mol. The molecular weight excluding hydrogens is 368 g/mol. The molecule has 7 nitrogen and oxygen atoms in total. The van der Waals surface area contributed by atoms with Crippen molar-refractivity contribution < 1.29 is 15.1 Å². The fourth-order valence-electron chi connectivity index (χ4n) is 3.39. The number of hydrogen-bond acceptors (Lipinski definition) is 5. The predicted molar refractivity (Wildman–Crippen MR) is 110 cm³/mol. The van der Waals surface area contributed by atoms with Crippen molar-refractivity contribution in [3.8, 4) is 11.1 Å². The van der Waals surface area contributed by atoms with Crippen LogP contribution in [0.2, 0.25) is 0 Å². The summed E-state index contributed by atoms with van der Waals surface area (Å²) in [6.07, 6.45) is 0.903. The molecule has 29 heavy (non-hydrogen) atoms. The maximum atomic E-state index is 12.5. The van der Waals surface area contributed by atoms with E-state index in [9.17, 15) is 15.1 Å². The molecule has 0 saturated heterocycles. The van der Waals surface area contributed by atoms with E-state index in [0.29, 0.717) is 11.3 Å². The van der Waals surface area contributed by atoms with Crippen LogP contribution in [-0.2, 0) is 5.41 Å². The highest BCUT2D eigenvalue weighted by molar-refractivity contribution is 5.92. The zero-order chi connectivity index (χ0) is 21.0. The van der Waals surface area contributed by atoms with E-state index in [4.69, 9.17) is 0 Å². The van der Waals surface area contributed by atoms with Crippen molar-refractivity contribution in [3.63, 3.8) is 0 Å². The van der Waals surface area contributed by atoms with Crippen molar-refractivity contribution in [1.82, 2.24) is 20.5 Å². The first-order valence-electron chi connectivity index (χ1n) is 9.54. The van der Waals surface area contributed by atoms with Gasteiger partial charge in [0, 0.05) is 11.5 Å². The molecule has 0 fully saturated rings. The summed E-state index contributed by atoms with van der Waals surface area (Å²) in [5.41, 5.74) is 2.84. The van der Waals surface area contributed by atoms with E-state index in [1.54, 1.807) is 6.92 Å². The normalized spacial score (nSPS) is 13.7. The molecule has 2 aromatic carbocycles. The molecule has 0 bridgehead atoms. The SMILES string of the molecule is C[C@@H](O)C[C@H](NC(=O)c1cn(O)nn1)C(C)(C)c1ccc(-c2ccccc2)cc1. The zero-order valence-corrected chi connectivity index (χ0v) is 16.8. The number of carbonyl (C=O) groups excluding carboxylic acids is 1. The van der Waals surface area contributed by atoms with Crippen LogP contribution in [0.25, 0.3) is 11.1 Å². The molecule has 0 aliphatic heterocycles. The molecule has 0 spiro atoms. The largest absolute Gasteiger partial charge is 0.410 e. The highest BCUT2D eigenvalue weighted by atomic mass is 16.5. The lowest BCUT2D eigenvalue weighted by Gasteiger charge is -2.36. The van der Waals surface area contributed by atoms with Gasteiger partial charge in [0.15, 0.2) is 5.69 Å². The minimum absolute atomic E-state index is 0.0123. The molecule has 1 aromatic heterocycles. The summed E-state index contributed by atoms with van der Waals surface area (Å²) >= 11 is 0. The first-order valence-corrected chi connectivity index (χ1v) is 9.54. The predicted octanol–water partition coefficient (Wildman–Crippen LogP) is 3.03. The molecule has 0 saturated carbocycles. The maximum absolute atomic E-state index is 12.5. The molecular formula is C22H26N4O3. The molecule has 3 N–H and O–H groups in total. The van der Waals surface area contributed by atoms with Gasteiger partial charge in [-0.15, -0.1) is 5.10 Å². The number of aliphatic hydroxyl groups is 1. The van der Waals surface area contributed by atoms with E-state index in [0.717, 1.165) is 22.9 Å². The summed E-state index contributed by atoms with van der Waals surface area (Å²) in [6, 6.07) is 18.0. The lowest BCUT2D eigenvalue weighted by molar-refractivity contribution is 0.0875. The first-order chi connectivity index (χ1) is 13.8. The van der Waals surface area contributed by atoms with Gasteiger partial charge < -0.3 is 15.6 Å². The summed E-state index contributed by atoms with van der Waals surface area (Å²) in [7, 11) is 0. The minimum atomic E-state index is -0.600. The van der Waals surface area contributed by atoms with Crippen LogP contribution in [-0.4, -0.2) is 43.5 Å². The van der Waals surface area contributed by atoms with Crippen molar-refractivity contribution in [2.24, 2.45) is 0 Å². The lowest BCUT2D eigenvalue weighted by atomic mass is 9.75. The average Bonchev–Trinajstić information content (AvgIpc) is 3.14. The van der Waals surface area contributed by atoms with Crippen LogP contribution in [0.5, 0.6) is 0 Å². The van der Waals surface area contributed by atoms with Gasteiger partial charge >= 0.3 is 0 Å². The quantitative estimate of drug-likeness (QED) is 0.535. The number of hydrogen-bond donors (Lipinski definition) is 3. The Labute approximate surface area is 170 Å². The van der Waals surface area contributed by atoms with Crippen LogP contribution < -0.4 is 5.32 Å². The van der Waals surface area contributed by atoms with E-state index in [2.05, 4.69) is 39.9 Å². The third kappa shape index (κ3) is 4.81. The Morgan fingerprint density at radius 3 is 2.28 bits per heavy atom. The number of nitrogens with one attached hydrogen (secondary N) is 1. The van der Waals surface area contributed by atoms with Gasteiger partial charge in [0.1, 0.15) is 0 Å². The standard InChI is InChI=1S/C22H26N4O3/c1-15(27)13-20(23-21(28)19-14-26(29)25-24-19)22(2,3)18-11-9-17(10-12-18)16-7-5-4-6-8-16/h4-12,14-15,20,27,29H,13H2,1-3H3,(H,23,28)/t15-,20+/m1/s1. The van der Waals surface area contributed by atoms with Gasteiger partial charge in [-0.2, -0.15) is 0 Å². The third-order valence-corrected chi connectivity index (χ3v) is 5.20. The highest BCUT2D eigenvalue weighted by Gasteiger charge is 2.34. The van der Waals surface area contributed by atoms with Crippen LogP contribution >= 0.6 is 0 Å². The summed E-state index contributed by atoms with van der Waals surface area (Å²) in [6.45, 7) is 5.75. The molecule has 2 atom stereocenters. The molecule has 0 unspecified atom stereocenters. The summed E-state index contributed by atoms with van der Waals surface area (Å²) in [4.78, 5) is 13.0. The van der Waals surface area contributed by atoms with Gasteiger partial charge in [-0.1, -0.05) is 73.3 Å². The summed E-state index contributed by atoms with van der Waals surface area (Å²) in [5, 5.41) is 29.2. The summed E-state index contributed by atoms with van der Waals surface area (Å²) in [5.74, 6) is -0.454. The zero-order valence-electron chi connectivity index (χ0n) is 16.8. The van der Waals surface area contributed by atoms with Crippen molar-refractivity contribution in [2.45, 2.75) is 44.8 Å². The fourth-order valence-corrected chi connectivity index (χ4v) is 3.39. The second-order valence-electron chi connectivity index (χ2n) is 7.80. The molecule has 3 aromatic rings. The molecule has 1 heterocycles. The van der Waals surface area contributed by atoms with Gasteiger partial charge in [-0.25, -0.2) is 0 Å². The Morgan fingerprint density at radius 1 is 1.10 bits per heavy atom. The van der Waals surface area contributed by atoms with Gasteiger partial charge in [0.05, 0.1) is 12.3 Å². The Bertz CT molecular complexity index is 950. The van der Waals surface area contributed by atoms with Gasteiger partial charge in [-0.3, -0.25) is 4.79 Å². The van der Waals surface area contributed by atoms with Crippen LogP contribution in [0.15, 0.2) is 60.8 Å². The number of carbonyl (C=O) groups is 1. The van der Waals surface area contributed by atoms with Crippen molar-refractivity contribution in [1.29, 1.82) is 0 Å². The lowest BCUT2D eigenvalue weighted by Crippen LogP contribution is -2.49. The van der Waals surface area contributed by atoms with E-state index in [1.807, 2.05) is 44.2 Å². The average molecular weight is 394 g/mol. The van der Waals surface area contributed by atoms with E-state index < -0.39 is 17.4 Å². The topological polar surface area (TPSA) is 100 Å². The molecule has 0 aliphatic carbocycles. The number of nitrogens with zero attached hydrogens (tertiary/aromatic N) is 3. The van der Waals surface area contributed by atoms with Gasteiger partial charge in [-0.05, 0) is 35.2 Å². The van der Waals surface area contributed by atoms with E-state index in [-0.39, 0.29) is 11.7 Å². The molecule has 0 radical (unpaired) electrons. The van der Waals surface area contributed by atoms with Crippen molar-refractivity contribution in [2.75, 3.05) is 0 Å². The van der Waals surface area contributed by atoms with Gasteiger partial charge in [0.25, 0.3) is 5.91 Å². The number of aromatic nitrogens is 3. The molecule has 1 amide bonds. The number of benzene rings is 2. The van der Waals surface area contributed by atoms with Crippen LogP contribution in [0.3, 0.4) is 0 Å². The Hall–Kier alpha value is -3.19. The molecule has 0 aliphatic rings. The second-order valence-corrected chi connectivity index (χ2v) is 7.80. The first kappa shape index (κ1) is 20.5. The van der Waals surface area contributed by atoms with Gasteiger partial charge in [0.2, 0.25) is 0 Å². The maximum Gasteiger partial charge on any atom is 0.273 e. The molecule has 152 valence electrons. The Morgan fingerprint density at radius 2 is 1.72 bits per heavy atom. The highest BCUT2D eigenvalue weighted by Crippen LogP contribution is 2.31. The van der Waals surface area contributed by atoms with Crippen LogP contribution in [0.1, 0.15) is 43.2 Å². The molecule has 7 heteroatoms. The smallest absolute Gasteiger partial charge is 0.273 e. The Kier molecular flexibility index (Phi) is 5.98. The minimum Gasteiger partial charge on any atom is -0.410 e. The second kappa shape index (κ2) is 8.45. The van der Waals surface area contributed by atoms with Crippen LogP contribution in [0.4, 0.5) is 0 Å². The number of rotatable bonds is 7. The van der Waals surface area contributed by atoms with Crippen LogP contribution in [0, 0.1) is 0 Å². The van der Waals surface area contributed by atoms with E-state index >= 15 is 0 Å². The van der Waals surface area contributed by atoms with E-state index in [1.165, 1.54) is 0 Å². The fraction of sp³-hybridized carbons (Fsp3) is 0.318. The number of aliphatic hydroxyl groups excluding tert-OH is 1.